The Morgan fingerprint density at radius 1 is 1.32 bits per heavy atom. The van der Waals surface area contributed by atoms with Crippen molar-refractivity contribution in [1.29, 1.82) is 0 Å². The average molecular weight is 451 g/mol. The first-order chi connectivity index (χ1) is 14.5. The normalized spacial score (nSPS) is 46.1. The van der Waals surface area contributed by atoms with Crippen LogP contribution in [0.25, 0.3) is 0 Å². The summed E-state index contributed by atoms with van der Waals surface area (Å²) in [6.45, 7) is 5.14. The molecule has 6 nitrogen and oxygen atoms in total. The van der Waals surface area contributed by atoms with Gasteiger partial charge in [-0.1, -0.05) is 25.5 Å². The molecule has 0 aromatic heterocycles. The molecule has 4 aliphatic carbocycles. The van der Waals surface area contributed by atoms with Crippen molar-refractivity contribution in [3.63, 3.8) is 0 Å². The summed E-state index contributed by atoms with van der Waals surface area (Å²) >= 11 is 5.90. The number of hydrogen-bond donors (Lipinski definition) is 2. The summed E-state index contributed by atoms with van der Waals surface area (Å²) in [4.78, 5) is 36.5. The summed E-state index contributed by atoms with van der Waals surface area (Å²) in [6.07, 6.45) is 5.71. The van der Waals surface area contributed by atoms with Crippen molar-refractivity contribution in [2.75, 3.05) is 12.5 Å². The molecule has 3 fully saturated rings. The Balaban J connectivity index is 1.75. The molecule has 0 saturated heterocycles. The van der Waals surface area contributed by atoms with E-state index in [0.717, 1.165) is 18.4 Å². The highest BCUT2D eigenvalue weighted by Gasteiger charge is 2.71. The van der Waals surface area contributed by atoms with Gasteiger partial charge in [0.1, 0.15) is 6.61 Å². The number of alkyl halides is 1. The van der Waals surface area contributed by atoms with Crippen LogP contribution in [0.2, 0.25) is 0 Å². The first-order valence-corrected chi connectivity index (χ1v) is 11.6. The van der Waals surface area contributed by atoms with Crippen molar-refractivity contribution in [3.05, 3.63) is 23.8 Å². The second-order valence-electron chi connectivity index (χ2n) is 10.3. The second-order valence-corrected chi connectivity index (χ2v) is 10.5. The fourth-order valence-corrected chi connectivity index (χ4v) is 7.52. The Kier molecular flexibility index (Phi) is 5.61. The molecular weight excluding hydrogens is 420 g/mol. The van der Waals surface area contributed by atoms with Gasteiger partial charge in [0.05, 0.1) is 18.1 Å². The highest BCUT2D eigenvalue weighted by molar-refractivity contribution is 6.29. The zero-order chi connectivity index (χ0) is 22.8. The molecule has 0 amide bonds. The minimum absolute atomic E-state index is 0.0262. The summed E-state index contributed by atoms with van der Waals surface area (Å²) in [5.41, 5.74) is -2.19. The number of carbonyl (C=O) groups excluding carboxylic acids is 3. The quantitative estimate of drug-likeness (QED) is 0.624. The number of Topliss-reactive ketones (excluding diaryl/α,β-unsaturated/α-hetero) is 2. The summed E-state index contributed by atoms with van der Waals surface area (Å²) < 4.78 is 5.79. The highest BCUT2D eigenvalue weighted by atomic mass is 35.5. The van der Waals surface area contributed by atoms with Crippen LogP contribution in [0.4, 0.5) is 0 Å². The van der Waals surface area contributed by atoms with Gasteiger partial charge in [-0.2, -0.15) is 0 Å². The largest absolute Gasteiger partial charge is 0.393 e. The third kappa shape index (κ3) is 3.13. The summed E-state index contributed by atoms with van der Waals surface area (Å²) in [6, 6.07) is 0. The van der Waals surface area contributed by atoms with E-state index in [-0.39, 0.29) is 48.2 Å². The van der Waals surface area contributed by atoms with Crippen LogP contribution < -0.4 is 0 Å². The van der Waals surface area contributed by atoms with E-state index in [1.165, 1.54) is 6.92 Å². The molecule has 31 heavy (non-hydrogen) atoms. The summed E-state index contributed by atoms with van der Waals surface area (Å²) in [5, 5.41) is 23.2. The number of allylic oxidation sites excluding steroid dienone is 4. The number of carbonyl (C=O) groups is 3. The van der Waals surface area contributed by atoms with Crippen LogP contribution >= 0.6 is 11.6 Å². The Morgan fingerprint density at radius 3 is 2.68 bits per heavy atom. The zero-order valence-electron chi connectivity index (χ0n) is 18.3. The van der Waals surface area contributed by atoms with Crippen molar-refractivity contribution in [2.45, 2.75) is 64.3 Å². The molecule has 2 N–H and O–H groups in total. The first-order valence-electron chi connectivity index (χ1n) is 11.0. The molecule has 170 valence electrons. The van der Waals surface area contributed by atoms with E-state index in [2.05, 4.69) is 6.92 Å². The van der Waals surface area contributed by atoms with Crippen molar-refractivity contribution < 1.29 is 29.3 Å². The fraction of sp³-hybridized carbons (Fsp3) is 0.708. The Hall–Kier alpha value is -1.34. The van der Waals surface area contributed by atoms with Crippen LogP contribution in [0, 0.1) is 28.6 Å². The maximum Gasteiger partial charge on any atom is 0.182 e. The summed E-state index contributed by atoms with van der Waals surface area (Å²) in [7, 11) is 0. The smallest absolute Gasteiger partial charge is 0.182 e. The molecule has 0 bridgehead atoms. The maximum atomic E-state index is 13.0. The number of aliphatic hydroxyl groups is 2. The third-order valence-electron chi connectivity index (χ3n) is 8.72. The topological polar surface area (TPSA) is 101 Å². The molecule has 0 aromatic rings. The number of fused-ring (bicyclic) bond motifs is 5. The van der Waals surface area contributed by atoms with Gasteiger partial charge in [-0.25, -0.2) is 0 Å². The van der Waals surface area contributed by atoms with Gasteiger partial charge < -0.3 is 14.9 Å². The lowest BCUT2D eigenvalue weighted by atomic mass is 9.46. The van der Waals surface area contributed by atoms with Gasteiger partial charge >= 0.3 is 0 Å². The SMILES string of the molecule is CC(=O)COC1C[C@H]2[C@@H]3CCC4=CC(=O)C=C[C@]4(C)[C@H]3C(O)C[C@]2(C)[C@@]1(O)C(=O)CCl. The highest BCUT2D eigenvalue weighted by Crippen LogP contribution is 2.67. The van der Waals surface area contributed by atoms with Gasteiger partial charge in [0.15, 0.2) is 23.0 Å². The van der Waals surface area contributed by atoms with Crippen LogP contribution in [0.5, 0.6) is 0 Å². The molecule has 4 rings (SSSR count). The van der Waals surface area contributed by atoms with Crippen LogP contribution in [0.3, 0.4) is 0 Å². The number of hydrogen-bond acceptors (Lipinski definition) is 6. The molecule has 3 saturated carbocycles. The number of ketones is 3. The van der Waals surface area contributed by atoms with E-state index in [0.29, 0.717) is 6.42 Å². The zero-order valence-corrected chi connectivity index (χ0v) is 19.0. The molecule has 0 aliphatic heterocycles. The Morgan fingerprint density at radius 2 is 2.03 bits per heavy atom. The maximum absolute atomic E-state index is 13.0. The van der Waals surface area contributed by atoms with Crippen LogP contribution in [0.15, 0.2) is 23.8 Å². The second kappa shape index (κ2) is 7.62. The van der Waals surface area contributed by atoms with E-state index >= 15 is 0 Å². The van der Waals surface area contributed by atoms with Gasteiger partial charge in [-0.3, -0.25) is 14.4 Å². The minimum Gasteiger partial charge on any atom is -0.393 e. The number of rotatable bonds is 5. The predicted molar refractivity (Wildman–Crippen MR) is 114 cm³/mol. The number of ether oxygens (including phenoxy) is 1. The summed E-state index contributed by atoms with van der Waals surface area (Å²) in [5.74, 6) is -1.27. The van der Waals surface area contributed by atoms with Crippen molar-refractivity contribution in [1.82, 2.24) is 0 Å². The molecule has 7 heteroatoms. The first kappa shape index (κ1) is 22.8. The molecule has 0 radical (unpaired) electrons. The van der Waals surface area contributed by atoms with Crippen molar-refractivity contribution in [3.8, 4) is 0 Å². The standard InChI is InChI=1S/C24H31ClO6/c1-13(26)12-31-20-9-17-16-5-4-14-8-15(27)6-7-22(14,2)21(16)18(28)10-23(17,3)24(20,30)19(29)11-25/h6-8,16-18,20-21,28,30H,4-5,9-12H2,1-3H3/t16-,17-,18?,20?,21+,22-,23-,24+/m0/s1. The van der Waals surface area contributed by atoms with E-state index in [9.17, 15) is 24.6 Å². The average Bonchev–Trinajstić information content (AvgIpc) is 2.93. The molecule has 2 unspecified atom stereocenters. The number of halogens is 1. The van der Waals surface area contributed by atoms with E-state index in [1.807, 2.05) is 13.0 Å². The molecule has 0 aromatic carbocycles. The van der Waals surface area contributed by atoms with Gasteiger partial charge in [0.25, 0.3) is 0 Å². The Bertz CT molecular complexity index is 879. The van der Waals surface area contributed by atoms with Crippen molar-refractivity contribution >= 4 is 29.0 Å². The van der Waals surface area contributed by atoms with Crippen molar-refractivity contribution in [2.24, 2.45) is 28.6 Å². The van der Waals surface area contributed by atoms with Gasteiger partial charge in [-0.05, 0) is 56.6 Å². The lowest BCUT2D eigenvalue weighted by Crippen LogP contribution is -2.63. The fourth-order valence-electron chi connectivity index (χ4n) is 7.32. The number of aliphatic hydroxyl groups excluding tert-OH is 1. The Labute approximate surface area is 187 Å². The van der Waals surface area contributed by atoms with E-state index in [1.54, 1.807) is 12.2 Å². The lowest BCUT2D eigenvalue weighted by Gasteiger charge is -2.59. The minimum atomic E-state index is -1.86. The monoisotopic (exact) mass is 450 g/mol. The predicted octanol–water partition coefficient (Wildman–Crippen LogP) is 2.39. The lowest BCUT2D eigenvalue weighted by molar-refractivity contribution is -0.191. The van der Waals surface area contributed by atoms with Gasteiger partial charge in [0.2, 0.25) is 0 Å². The molecule has 4 aliphatic rings. The van der Waals surface area contributed by atoms with Crippen LogP contribution in [-0.4, -0.2) is 57.9 Å². The van der Waals surface area contributed by atoms with E-state index in [4.69, 9.17) is 16.3 Å². The molecule has 0 spiro atoms. The van der Waals surface area contributed by atoms with Crippen LogP contribution in [-0.2, 0) is 19.1 Å². The molecule has 8 atom stereocenters. The van der Waals surface area contributed by atoms with Gasteiger partial charge in [0, 0.05) is 16.7 Å². The molecule has 0 heterocycles. The third-order valence-corrected chi connectivity index (χ3v) is 8.97. The molecular formula is C24H31ClO6. The van der Waals surface area contributed by atoms with Gasteiger partial charge in [-0.15, -0.1) is 11.6 Å². The van der Waals surface area contributed by atoms with E-state index < -0.39 is 34.4 Å². The van der Waals surface area contributed by atoms with Crippen LogP contribution in [0.1, 0.15) is 46.5 Å².